The molecule has 0 aliphatic carbocycles. The van der Waals surface area contributed by atoms with Crippen molar-refractivity contribution in [3.8, 4) is 5.75 Å². The summed E-state index contributed by atoms with van der Waals surface area (Å²) in [5, 5.41) is 5.95. The van der Waals surface area contributed by atoms with E-state index >= 15 is 0 Å². The molecule has 3 heterocycles. The third-order valence-corrected chi connectivity index (χ3v) is 6.94. The molecule has 9 heteroatoms. The van der Waals surface area contributed by atoms with E-state index in [1.54, 1.807) is 0 Å². The lowest BCUT2D eigenvalue weighted by Gasteiger charge is -2.41. The van der Waals surface area contributed by atoms with Crippen molar-refractivity contribution in [3.05, 3.63) is 72.1 Å². The molecule has 1 atom stereocenters. The van der Waals surface area contributed by atoms with Gasteiger partial charge in [-0.2, -0.15) is 0 Å². The topological polar surface area (TPSA) is 97.7 Å². The van der Waals surface area contributed by atoms with Crippen molar-refractivity contribution in [3.63, 3.8) is 0 Å². The van der Waals surface area contributed by atoms with Crippen LogP contribution in [-0.2, 0) is 34.3 Å². The highest BCUT2D eigenvalue weighted by molar-refractivity contribution is 5.86. The molecule has 0 bridgehead atoms. The lowest BCUT2D eigenvalue weighted by atomic mass is 9.94. The Bertz CT molecular complexity index is 1300. The standard InChI is InChI=1S/C28H33N5O4/c1-32-23-11-4-3-10-22(23)31-25(32)18-30-26(34)19-33-15-17-37-28(20-33)13-7-6-9-21-8-2-5-12-24(21)36-16-14-29-27(28)35/h2-8,10-12H,9,13-20H2,1H3,(H,29,35)(H,30,34)/b7-6+. The van der Waals surface area contributed by atoms with E-state index < -0.39 is 5.60 Å². The summed E-state index contributed by atoms with van der Waals surface area (Å²) in [6, 6.07) is 15.8. The molecule has 1 aromatic heterocycles. The number of nitrogens with one attached hydrogen (secondary N) is 2. The van der Waals surface area contributed by atoms with E-state index in [0.717, 1.165) is 28.2 Å². The van der Waals surface area contributed by atoms with Crippen LogP contribution in [0.15, 0.2) is 60.7 Å². The van der Waals surface area contributed by atoms with Gasteiger partial charge in [-0.3, -0.25) is 14.5 Å². The van der Waals surface area contributed by atoms with Crippen LogP contribution in [0.4, 0.5) is 0 Å². The summed E-state index contributed by atoms with van der Waals surface area (Å²) in [4.78, 5) is 32.7. The van der Waals surface area contributed by atoms with Gasteiger partial charge in [0.15, 0.2) is 5.60 Å². The minimum Gasteiger partial charge on any atom is -0.491 e. The van der Waals surface area contributed by atoms with Crippen molar-refractivity contribution < 1.29 is 19.1 Å². The second-order valence-corrected chi connectivity index (χ2v) is 9.50. The van der Waals surface area contributed by atoms with Gasteiger partial charge in [-0.05, 0) is 30.2 Å². The molecule has 2 aliphatic rings. The second-order valence-electron chi connectivity index (χ2n) is 9.50. The minimum atomic E-state index is -1.05. The molecule has 2 aromatic carbocycles. The second kappa shape index (κ2) is 11.1. The van der Waals surface area contributed by atoms with E-state index in [2.05, 4.69) is 15.6 Å². The summed E-state index contributed by atoms with van der Waals surface area (Å²) < 4.78 is 14.0. The summed E-state index contributed by atoms with van der Waals surface area (Å²) in [5.41, 5.74) is 1.98. The van der Waals surface area contributed by atoms with Crippen LogP contribution in [0.25, 0.3) is 11.0 Å². The molecule has 37 heavy (non-hydrogen) atoms. The number of amides is 2. The zero-order chi connectivity index (χ0) is 25.7. The van der Waals surface area contributed by atoms with Crippen molar-refractivity contribution in [1.82, 2.24) is 25.1 Å². The van der Waals surface area contributed by atoms with Gasteiger partial charge in [-0.15, -0.1) is 0 Å². The number of fused-ring (bicyclic) bond motifs is 2. The fourth-order valence-electron chi connectivity index (χ4n) is 4.92. The van der Waals surface area contributed by atoms with E-state index in [9.17, 15) is 9.59 Å². The number of carbonyl (C=O) groups is 2. The first kappa shape index (κ1) is 25.0. The van der Waals surface area contributed by atoms with Crippen LogP contribution in [-0.4, -0.2) is 71.3 Å². The van der Waals surface area contributed by atoms with Crippen LogP contribution in [0.2, 0.25) is 0 Å². The van der Waals surface area contributed by atoms with Crippen LogP contribution >= 0.6 is 0 Å². The number of benzene rings is 2. The number of morpholine rings is 1. The molecule has 2 amide bonds. The van der Waals surface area contributed by atoms with Gasteiger partial charge in [-0.25, -0.2) is 4.98 Å². The maximum absolute atomic E-state index is 13.3. The number of imidazole rings is 1. The number of nitrogens with zero attached hydrogens (tertiary/aromatic N) is 3. The van der Waals surface area contributed by atoms with Crippen molar-refractivity contribution in [1.29, 1.82) is 0 Å². The van der Waals surface area contributed by atoms with Crippen LogP contribution in [0.5, 0.6) is 5.75 Å². The molecule has 1 unspecified atom stereocenters. The predicted octanol–water partition coefficient (Wildman–Crippen LogP) is 1.96. The number of aryl methyl sites for hydroxylation is 1. The van der Waals surface area contributed by atoms with Crippen LogP contribution in [0.1, 0.15) is 17.8 Å². The highest BCUT2D eigenvalue weighted by Gasteiger charge is 2.43. The predicted molar refractivity (Wildman–Crippen MR) is 140 cm³/mol. The Morgan fingerprint density at radius 1 is 1.14 bits per heavy atom. The molecule has 1 spiro atoms. The fourth-order valence-corrected chi connectivity index (χ4v) is 4.92. The number of hydrogen-bond acceptors (Lipinski definition) is 6. The molecule has 1 saturated heterocycles. The highest BCUT2D eigenvalue weighted by Crippen LogP contribution is 2.25. The molecular weight excluding hydrogens is 470 g/mol. The molecule has 9 nitrogen and oxygen atoms in total. The smallest absolute Gasteiger partial charge is 0.254 e. The normalized spacial score (nSPS) is 21.8. The Balaban J connectivity index is 1.22. The molecule has 0 radical (unpaired) electrons. The van der Waals surface area contributed by atoms with Gasteiger partial charge < -0.3 is 24.7 Å². The molecule has 194 valence electrons. The number of ether oxygens (including phenoxy) is 2. The highest BCUT2D eigenvalue weighted by atomic mass is 16.5. The number of aromatic nitrogens is 2. The average molecular weight is 504 g/mol. The maximum Gasteiger partial charge on any atom is 0.254 e. The Labute approximate surface area is 216 Å². The molecule has 3 aromatic rings. The van der Waals surface area contributed by atoms with Crippen LogP contribution < -0.4 is 15.4 Å². The van der Waals surface area contributed by atoms with Crippen LogP contribution in [0.3, 0.4) is 0 Å². The molecule has 1 fully saturated rings. The Morgan fingerprint density at radius 2 is 1.97 bits per heavy atom. The molecular formula is C28H33N5O4. The van der Waals surface area contributed by atoms with E-state index in [4.69, 9.17) is 9.47 Å². The van der Waals surface area contributed by atoms with Gasteiger partial charge >= 0.3 is 0 Å². The van der Waals surface area contributed by atoms with Crippen molar-refractivity contribution in [2.45, 2.75) is 25.0 Å². The first-order valence-corrected chi connectivity index (χ1v) is 12.7. The Kier molecular flexibility index (Phi) is 7.52. The fraction of sp³-hybridized carbons (Fsp3) is 0.393. The van der Waals surface area contributed by atoms with Crippen molar-refractivity contribution in [2.75, 3.05) is 39.4 Å². The van der Waals surface area contributed by atoms with E-state index in [1.807, 2.05) is 77.2 Å². The summed E-state index contributed by atoms with van der Waals surface area (Å²) in [5.74, 6) is 1.33. The maximum atomic E-state index is 13.3. The van der Waals surface area contributed by atoms with Gasteiger partial charge in [0, 0.05) is 26.6 Å². The Morgan fingerprint density at radius 3 is 2.86 bits per heavy atom. The third kappa shape index (κ3) is 5.68. The van der Waals surface area contributed by atoms with Crippen molar-refractivity contribution in [2.24, 2.45) is 7.05 Å². The molecule has 2 aliphatic heterocycles. The van der Waals surface area contributed by atoms with Gasteiger partial charge in [0.2, 0.25) is 5.91 Å². The van der Waals surface area contributed by atoms with Crippen molar-refractivity contribution >= 4 is 22.8 Å². The molecule has 5 rings (SSSR count). The third-order valence-electron chi connectivity index (χ3n) is 6.94. The summed E-state index contributed by atoms with van der Waals surface area (Å²) in [6.45, 7) is 2.55. The van der Waals surface area contributed by atoms with E-state index in [-0.39, 0.29) is 18.4 Å². The van der Waals surface area contributed by atoms with Gasteiger partial charge in [0.25, 0.3) is 5.91 Å². The number of para-hydroxylation sites is 3. The van der Waals surface area contributed by atoms with E-state index in [0.29, 0.717) is 52.2 Å². The number of carbonyl (C=O) groups excluding carboxylic acids is 2. The minimum absolute atomic E-state index is 0.113. The zero-order valence-corrected chi connectivity index (χ0v) is 21.1. The quantitative estimate of drug-likeness (QED) is 0.529. The van der Waals surface area contributed by atoms with Gasteiger partial charge in [0.05, 0.1) is 37.3 Å². The lowest BCUT2D eigenvalue weighted by Crippen LogP contribution is -2.61. The molecule has 0 saturated carbocycles. The summed E-state index contributed by atoms with van der Waals surface area (Å²) in [6.07, 6.45) is 5.18. The Hall–Kier alpha value is -3.69. The monoisotopic (exact) mass is 503 g/mol. The largest absolute Gasteiger partial charge is 0.491 e. The van der Waals surface area contributed by atoms with E-state index in [1.165, 1.54) is 0 Å². The lowest BCUT2D eigenvalue weighted by molar-refractivity contribution is -0.161. The first-order chi connectivity index (χ1) is 18.0. The molecule has 2 N–H and O–H groups in total. The number of allylic oxidation sites excluding steroid dienone is 1. The SMILES string of the molecule is Cn1c(CNC(=O)CN2CCOC3(C/C=C/Cc4ccccc4OCCNC3=O)C2)nc2ccccc21. The van der Waals surface area contributed by atoms with Gasteiger partial charge in [0.1, 0.15) is 18.2 Å². The average Bonchev–Trinajstić information content (AvgIpc) is 3.23. The summed E-state index contributed by atoms with van der Waals surface area (Å²) in [7, 11) is 1.95. The first-order valence-electron chi connectivity index (χ1n) is 12.7. The zero-order valence-electron chi connectivity index (χ0n) is 21.1. The number of hydrogen-bond donors (Lipinski definition) is 2. The van der Waals surface area contributed by atoms with Crippen LogP contribution in [0, 0.1) is 0 Å². The number of rotatable bonds is 4. The van der Waals surface area contributed by atoms with Gasteiger partial charge in [-0.1, -0.05) is 42.5 Å². The summed E-state index contributed by atoms with van der Waals surface area (Å²) >= 11 is 0.